The van der Waals surface area contributed by atoms with Gasteiger partial charge in [0.1, 0.15) is 11.0 Å². The van der Waals surface area contributed by atoms with Crippen molar-refractivity contribution in [3.63, 3.8) is 0 Å². The van der Waals surface area contributed by atoms with Gasteiger partial charge in [-0.3, -0.25) is 0 Å². The minimum Gasteiger partial charge on any atom is -0.374 e. The summed E-state index contributed by atoms with van der Waals surface area (Å²) >= 11 is 1.81. The standard InChI is InChI=1S/C21H23N3O2S2/c1-4-27-21-19-18(16-9-13(3)11-22-20(16)24-19)17(12-23-21)14-7-6-8-15(10-14)28(25,26)5-2/h6-12,21,23H,4-5H2,1-3H3,(H,22,24). The third-order valence-corrected chi connectivity index (χ3v) is 7.71. The first-order valence-electron chi connectivity index (χ1n) is 9.34. The second-order valence-corrected chi connectivity index (χ2v) is 10.5. The van der Waals surface area contributed by atoms with Crippen LogP contribution in [0.15, 0.2) is 47.6 Å². The number of hydrogen-bond acceptors (Lipinski definition) is 5. The van der Waals surface area contributed by atoms with Crippen molar-refractivity contribution in [1.82, 2.24) is 15.3 Å². The molecule has 0 amide bonds. The van der Waals surface area contributed by atoms with Crippen LogP contribution in [0.25, 0.3) is 16.6 Å². The zero-order valence-electron chi connectivity index (χ0n) is 16.1. The molecular weight excluding hydrogens is 390 g/mol. The molecule has 7 heteroatoms. The van der Waals surface area contributed by atoms with Crippen LogP contribution in [0, 0.1) is 6.92 Å². The number of fused-ring (bicyclic) bond motifs is 3. The molecule has 0 radical (unpaired) electrons. The van der Waals surface area contributed by atoms with Crippen molar-refractivity contribution in [2.24, 2.45) is 0 Å². The van der Waals surface area contributed by atoms with Crippen LogP contribution in [0.4, 0.5) is 0 Å². The van der Waals surface area contributed by atoms with Crippen molar-refractivity contribution in [2.75, 3.05) is 11.5 Å². The van der Waals surface area contributed by atoms with E-state index >= 15 is 0 Å². The quantitative estimate of drug-likeness (QED) is 0.648. The van der Waals surface area contributed by atoms with E-state index in [-0.39, 0.29) is 11.1 Å². The second-order valence-electron chi connectivity index (χ2n) is 6.81. The number of H-pyrrole nitrogens is 1. The Hall–Kier alpha value is -2.25. The fourth-order valence-corrected chi connectivity index (χ4v) is 5.31. The summed E-state index contributed by atoms with van der Waals surface area (Å²) in [5.41, 5.74) is 5.99. The second kappa shape index (κ2) is 7.29. The van der Waals surface area contributed by atoms with E-state index in [1.165, 1.54) is 0 Å². The van der Waals surface area contributed by atoms with Gasteiger partial charge in [0.05, 0.1) is 16.3 Å². The van der Waals surface area contributed by atoms with Gasteiger partial charge in [0, 0.05) is 28.9 Å². The van der Waals surface area contributed by atoms with Gasteiger partial charge in [0.25, 0.3) is 0 Å². The summed E-state index contributed by atoms with van der Waals surface area (Å²) in [5.74, 6) is 1.07. The normalized spacial score (nSPS) is 16.5. The molecule has 28 heavy (non-hydrogen) atoms. The van der Waals surface area contributed by atoms with Crippen molar-refractivity contribution in [3.8, 4) is 0 Å². The Morgan fingerprint density at radius 2 is 2.04 bits per heavy atom. The van der Waals surface area contributed by atoms with E-state index in [0.29, 0.717) is 4.90 Å². The predicted molar refractivity (Wildman–Crippen MR) is 116 cm³/mol. The molecular formula is C21H23N3O2S2. The highest BCUT2D eigenvalue weighted by Crippen LogP contribution is 2.41. The maximum Gasteiger partial charge on any atom is 0.178 e. The zero-order chi connectivity index (χ0) is 19.9. The molecule has 0 fully saturated rings. The Bertz CT molecular complexity index is 1180. The van der Waals surface area contributed by atoms with E-state index in [1.54, 1.807) is 19.1 Å². The molecule has 0 bridgehead atoms. The monoisotopic (exact) mass is 413 g/mol. The first-order valence-corrected chi connectivity index (χ1v) is 12.0. The topological polar surface area (TPSA) is 74.8 Å². The highest BCUT2D eigenvalue weighted by molar-refractivity contribution is 7.99. The number of rotatable bonds is 5. The summed E-state index contributed by atoms with van der Waals surface area (Å²) in [6.07, 6.45) is 3.86. The molecule has 2 N–H and O–H groups in total. The molecule has 4 rings (SSSR count). The summed E-state index contributed by atoms with van der Waals surface area (Å²) in [6, 6.07) is 9.34. The van der Waals surface area contributed by atoms with Gasteiger partial charge in [-0.25, -0.2) is 13.4 Å². The number of aromatic amines is 1. The minimum atomic E-state index is -3.26. The van der Waals surface area contributed by atoms with E-state index in [4.69, 9.17) is 0 Å². The molecule has 1 unspecified atom stereocenters. The molecule has 5 nitrogen and oxygen atoms in total. The lowest BCUT2D eigenvalue weighted by Crippen LogP contribution is -2.19. The summed E-state index contributed by atoms with van der Waals surface area (Å²) in [4.78, 5) is 8.40. The van der Waals surface area contributed by atoms with E-state index < -0.39 is 9.84 Å². The molecule has 3 aromatic rings. The van der Waals surface area contributed by atoms with Gasteiger partial charge in [-0.15, -0.1) is 11.8 Å². The number of aryl methyl sites for hydroxylation is 1. The Morgan fingerprint density at radius 1 is 1.21 bits per heavy atom. The highest BCUT2D eigenvalue weighted by Gasteiger charge is 2.27. The van der Waals surface area contributed by atoms with Crippen molar-refractivity contribution in [1.29, 1.82) is 0 Å². The Balaban J connectivity index is 1.92. The number of sulfone groups is 1. The minimum absolute atomic E-state index is 0.0877. The number of thioether (sulfide) groups is 1. The van der Waals surface area contributed by atoms with Crippen LogP contribution in [-0.4, -0.2) is 29.9 Å². The van der Waals surface area contributed by atoms with Crippen LogP contribution in [0.5, 0.6) is 0 Å². The van der Waals surface area contributed by atoms with Gasteiger partial charge in [-0.05, 0) is 42.0 Å². The van der Waals surface area contributed by atoms with E-state index in [0.717, 1.165) is 44.7 Å². The van der Waals surface area contributed by atoms with Crippen molar-refractivity contribution < 1.29 is 8.42 Å². The summed E-state index contributed by atoms with van der Waals surface area (Å²) in [7, 11) is -3.26. The summed E-state index contributed by atoms with van der Waals surface area (Å²) in [6.45, 7) is 5.83. The molecule has 0 spiro atoms. The Morgan fingerprint density at radius 3 is 2.79 bits per heavy atom. The number of hydrogen-bond donors (Lipinski definition) is 2. The fourth-order valence-electron chi connectivity index (χ4n) is 3.55. The van der Waals surface area contributed by atoms with E-state index in [2.05, 4.69) is 28.3 Å². The SMILES string of the molecule is CCSC1NC=C(c2cccc(S(=O)(=O)CC)c2)c2c1[nH]c1ncc(C)cc21. The van der Waals surface area contributed by atoms with Crippen LogP contribution >= 0.6 is 11.8 Å². The van der Waals surface area contributed by atoms with Crippen LogP contribution < -0.4 is 5.32 Å². The average molecular weight is 414 g/mol. The molecule has 146 valence electrons. The maximum atomic E-state index is 12.4. The van der Waals surface area contributed by atoms with Crippen LogP contribution in [-0.2, 0) is 9.84 Å². The molecule has 0 aliphatic carbocycles. The largest absolute Gasteiger partial charge is 0.374 e. The van der Waals surface area contributed by atoms with Crippen LogP contribution in [0.3, 0.4) is 0 Å². The van der Waals surface area contributed by atoms with Gasteiger partial charge in [-0.2, -0.15) is 0 Å². The third-order valence-electron chi connectivity index (χ3n) is 4.94. The molecule has 1 atom stereocenters. The number of nitrogens with zero attached hydrogens (tertiary/aromatic N) is 1. The lowest BCUT2D eigenvalue weighted by molar-refractivity contribution is 0.597. The predicted octanol–water partition coefficient (Wildman–Crippen LogP) is 4.41. The van der Waals surface area contributed by atoms with Gasteiger partial charge >= 0.3 is 0 Å². The van der Waals surface area contributed by atoms with E-state index in [1.807, 2.05) is 43.2 Å². The van der Waals surface area contributed by atoms with Gasteiger partial charge in [-0.1, -0.05) is 26.0 Å². The number of pyridine rings is 1. The molecule has 0 saturated heterocycles. The van der Waals surface area contributed by atoms with E-state index in [9.17, 15) is 8.42 Å². The number of benzene rings is 1. The number of nitrogens with one attached hydrogen (secondary N) is 2. The lowest BCUT2D eigenvalue weighted by atomic mass is 9.94. The zero-order valence-corrected chi connectivity index (χ0v) is 17.7. The van der Waals surface area contributed by atoms with Gasteiger partial charge in [0.2, 0.25) is 0 Å². The average Bonchev–Trinajstić information content (AvgIpc) is 3.08. The first kappa shape index (κ1) is 19.1. The number of aromatic nitrogens is 2. The lowest BCUT2D eigenvalue weighted by Gasteiger charge is -2.24. The van der Waals surface area contributed by atoms with Gasteiger partial charge in [0.15, 0.2) is 9.84 Å². The van der Waals surface area contributed by atoms with Crippen molar-refractivity contribution in [2.45, 2.75) is 31.0 Å². The maximum absolute atomic E-state index is 12.4. The molecule has 1 aromatic carbocycles. The summed E-state index contributed by atoms with van der Waals surface area (Å²) in [5, 5.41) is 4.64. The molecule has 1 aliphatic rings. The molecule has 0 saturated carbocycles. The highest BCUT2D eigenvalue weighted by atomic mass is 32.2. The van der Waals surface area contributed by atoms with Crippen LogP contribution in [0.2, 0.25) is 0 Å². The first-order chi connectivity index (χ1) is 13.4. The Kier molecular flexibility index (Phi) is 4.97. The van der Waals surface area contributed by atoms with Crippen molar-refractivity contribution in [3.05, 3.63) is 65.1 Å². The smallest absolute Gasteiger partial charge is 0.178 e. The molecule has 2 aromatic heterocycles. The summed E-state index contributed by atoms with van der Waals surface area (Å²) < 4.78 is 24.7. The Labute approximate surface area is 169 Å². The van der Waals surface area contributed by atoms with Crippen molar-refractivity contribution >= 4 is 38.2 Å². The third kappa shape index (κ3) is 3.22. The van der Waals surface area contributed by atoms with Gasteiger partial charge < -0.3 is 10.3 Å². The fraction of sp³-hybridized carbons (Fsp3) is 0.286. The molecule has 1 aliphatic heterocycles. The molecule has 3 heterocycles. The van der Waals surface area contributed by atoms with Crippen LogP contribution in [0.1, 0.15) is 41.6 Å².